The maximum atomic E-state index is 12.5. The summed E-state index contributed by atoms with van der Waals surface area (Å²) < 4.78 is 30.2. The molecule has 2 rings (SSSR count). The van der Waals surface area contributed by atoms with Crippen molar-refractivity contribution in [1.82, 2.24) is 0 Å². The van der Waals surface area contributed by atoms with Crippen molar-refractivity contribution in [2.24, 2.45) is 0 Å². The normalized spacial score (nSPS) is 11.3. The van der Waals surface area contributed by atoms with E-state index in [0.717, 1.165) is 11.6 Å². The van der Waals surface area contributed by atoms with Crippen LogP contribution in [0.2, 0.25) is 0 Å². The molecule has 2 aromatic carbocycles. The summed E-state index contributed by atoms with van der Waals surface area (Å²) in [6, 6.07) is 8.58. The molecule has 0 spiro atoms. The summed E-state index contributed by atoms with van der Waals surface area (Å²) in [7, 11) is -3.79. The van der Waals surface area contributed by atoms with Crippen LogP contribution in [-0.2, 0) is 9.84 Å². The Labute approximate surface area is 123 Å². The molecule has 0 radical (unpaired) electrons. The van der Waals surface area contributed by atoms with Gasteiger partial charge in [-0.1, -0.05) is 17.7 Å². The van der Waals surface area contributed by atoms with E-state index in [1.807, 2.05) is 6.92 Å². The van der Waals surface area contributed by atoms with Crippen molar-refractivity contribution < 1.29 is 23.4 Å². The standard InChI is InChI=1S/C15H16O5S/c1-3-20-14-9-12(8-13(16)15(14)17)21(18,19)11-6-4-10(2)5-7-11/h4-9,16-17H,3H2,1-2H3. The van der Waals surface area contributed by atoms with Gasteiger partial charge in [0, 0.05) is 12.1 Å². The summed E-state index contributed by atoms with van der Waals surface area (Å²) in [5.74, 6) is -1.07. The van der Waals surface area contributed by atoms with Crippen molar-refractivity contribution in [1.29, 1.82) is 0 Å². The van der Waals surface area contributed by atoms with Crippen LogP contribution in [0.25, 0.3) is 0 Å². The molecule has 2 N–H and O–H groups in total. The fourth-order valence-electron chi connectivity index (χ4n) is 1.84. The first-order chi connectivity index (χ1) is 9.86. The van der Waals surface area contributed by atoms with Gasteiger partial charge in [0.2, 0.25) is 15.6 Å². The van der Waals surface area contributed by atoms with Gasteiger partial charge in [0.15, 0.2) is 11.5 Å². The number of phenolic OH excluding ortho intramolecular Hbond substituents is 2. The van der Waals surface area contributed by atoms with Crippen LogP contribution in [0, 0.1) is 6.92 Å². The Kier molecular flexibility index (Phi) is 4.09. The fourth-order valence-corrected chi connectivity index (χ4v) is 3.14. The largest absolute Gasteiger partial charge is 0.504 e. The molecule has 2 aromatic rings. The Hall–Kier alpha value is -2.21. The summed E-state index contributed by atoms with van der Waals surface area (Å²) >= 11 is 0. The third-order valence-corrected chi connectivity index (χ3v) is 4.72. The van der Waals surface area contributed by atoms with Gasteiger partial charge in [-0.2, -0.15) is 0 Å². The first-order valence-corrected chi connectivity index (χ1v) is 7.85. The van der Waals surface area contributed by atoms with Crippen LogP contribution in [0.4, 0.5) is 0 Å². The van der Waals surface area contributed by atoms with Crippen LogP contribution < -0.4 is 4.74 Å². The summed E-state index contributed by atoms with van der Waals surface area (Å²) in [4.78, 5) is -0.0225. The molecular formula is C15H16O5S. The molecule has 0 bridgehead atoms. The van der Waals surface area contributed by atoms with E-state index >= 15 is 0 Å². The van der Waals surface area contributed by atoms with Crippen LogP contribution in [0.1, 0.15) is 12.5 Å². The third-order valence-electron chi connectivity index (χ3n) is 2.97. The maximum absolute atomic E-state index is 12.5. The Bertz CT molecular complexity index is 748. The number of phenols is 2. The number of hydrogen-bond acceptors (Lipinski definition) is 5. The Morgan fingerprint density at radius 2 is 1.67 bits per heavy atom. The predicted molar refractivity (Wildman–Crippen MR) is 77.6 cm³/mol. The van der Waals surface area contributed by atoms with Gasteiger partial charge in [-0.05, 0) is 26.0 Å². The van der Waals surface area contributed by atoms with Gasteiger partial charge in [0.05, 0.1) is 16.4 Å². The predicted octanol–water partition coefficient (Wildman–Crippen LogP) is 2.64. The van der Waals surface area contributed by atoms with Crippen molar-refractivity contribution in [3.63, 3.8) is 0 Å². The van der Waals surface area contributed by atoms with E-state index in [1.54, 1.807) is 19.1 Å². The molecule has 0 fully saturated rings. The highest BCUT2D eigenvalue weighted by atomic mass is 32.2. The minimum Gasteiger partial charge on any atom is -0.504 e. The van der Waals surface area contributed by atoms with Crippen LogP contribution in [0.15, 0.2) is 46.2 Å². The highest BCUT2D eigenvalue weighted by Gasteiger charge is 2.22. The second-order valence-corrected chi connectivity index (χ2v) is 6.49. The lowest BCUT2D eigenvalue weighted by molar-refractivity contribution is 0.307. The lowest BCUT2D eigenvalue weighted by Crippen LogP contribution is -2.03. The van der Waals surface area contributed by atoms with Crippen LogP contribution in [0.5, 0.6) is 17.2 Å². The molecule has 21 heavy (non-hydrogen) atoms. The van der Waals surface area contributed by atoms with E-state index in [9.17, 15) is 18.6 Å². The molecule has 0 aliphatic rings. The number of sulfone groups is 1. The summed E-state index contributed by atoms with van der Waals surface area (Å²) in [6.45, 7) is 3.79. The second-order valence-electron chi connectivity index (χ2n) is 4.54. The molecule has 6 heteroatoms. The zero-order valence-electron chi connectivity index (χ0n) is 11.7. The molecule has 0 unspecified atom stereocenters. The van der Waals surface area contributed by atoms with Crippen LogP contribution in [0.3, 0.4) is 0 Å². The SMILES string of the molecule is CCOc1cc(S(=O)(=O)c2ccc(C)cc2)cc(O)c1O. The van der Waals surface area contributed by atoms with Crippen LogP contribution >= 0.6 is 0 Å². The average Bonchev–Trinajstić information content (AvgIpc) is 2.44. The molecule has 0 amide bonds. The monoisotopic (exact) mass is 308 g/mol. The van der Waals surface area contributed by atoms with Crippen LogP contribution in [-0.4, -0.2) is 25.2 Å². The van der Waals surface area contributed by atoms with E-state index in [0.29, 0.717) is 0 Å². The minimum atomic E-state index is -3.79. The van der Waals surface area contributed by atoms with E-state index in [1.165, 1.54) is 18.2 Å². The number of rotatable bonds is 4. The van der Waals surface area contributed by atoms with Crippen molar-refractivity contribution >= 4 is 9.84 Å². The number of aromatic hydroxyl groups is 2. The van der Waals surface area contributed by atoms with E-state index < -0.39 is 21.3 Å². The Morgan fingerprint density at radius 1 is 1.05 bits per heavy atom. The molecule has 0 aromatic heterocycles. The van der Waals surface area contributed by atoms with E-state index in [2.05, 4.69) is 0 Å². The molecule has 0 saturated carbocycles. The molecule has 0 saturated heterocycles. The first-order valence-electron chi connectivity index (χ1n) is 6.36. The second kappa shape index (κ2) is 5.65. The van der Waals surface area contributed by atoms with Gasteiger partial charge < -0.3 is 14.9 Å². The minimum absolute atomic E-state index is 0.0665. The zero-order chi connectivity index (χ0) is 15.6. The topological polar surface area (TPSA) is 83.8 Å². The van der Waals surface area contributed by atoms with Gasteiger partial charge >= 0.3 is 0 Å². The molecule has 0 aliphatic carbocycles. The maximum Gasteiger partial charge on any atom is 0.206 e. The lowest BCUT2D eigenvalue weighted by atomic mass is 10.2. The van der Waals surface area contributed by atoms with Gasteiger partial charge in [0.25, 0.3) is 0 Å². The van der Waals surface area contributed by atoms with Crippen molar-refractivity contribution in [2.45, 2.75) is 23.6 Å². The molecule has 0 atom stereocenters. The number of hydrogen-bond donors (Lipinski definition) is 2. The summed E-state index contributed by atoms with van der Waals surface area (Å²) in [6.07, 6.45) is 0. The zero-order valence-corrected chi connectivity index (χ0v) is 12.5. The number of benzene rings is 2. The third kappa shape index (κ3) is 2.95. The highest BCUT2D eigenvalue weighted by molar-refractivity contribution is 7.91. The summed E-state index contributed by atoms with van der Waals surface area (Å²) in [5.41, 5.74) is 0.942. The molecule has 5 nitrogen and oxygen atoms in total. The molecular weight excluding hydrogens is 292 g/mol. The summed E-state index contributed by atoms with van der Waals surface area (Å²) in [5, 5.41) is 19.3. The van der Waals surface area contributed by atoms with Gasteiger partial charge in [-0.3, -0.25) is 0 Å². The Morgan fingerprint density at radius 3 is 2.24 bits per heavy atom. The Balaban J connectivity index is 2.57. The number of aryl methyl sites for hydroxylation is 1. The van der Waals surface area contributed by atoms with Crippen molar-refractivity contribution in [2.75, 3.05) is 6.61 Å². The first kappa shape index (κ1) is 15.2. The molecule has 0 aliphatic heterocycles. The average molecular weight is 308 g/mol. The van der Waals surface area contributed by atoms with Gasteiger partial charge in [-0.15, -0.1) is 0 Å². The molecule has 0 heterocycles. The fraction of sp³-hybridized carbons (Fsp3) is 0.200. The van der Waals surface area contributed by atoms with Gasteiger partial charge in [-0.25, -0.2) is 8.42 Å². The highest BCUT2D eigenvalue weighted by Crippen LogP contribution is 2.39. The van der Waals surface area contributed by atoms with E-state index in [4.69, 9.17) is 4.74 Å². The van der Waals surface area contributed by atoms with E-state index in [-0.39, 0.29) is 22.1 Å². The molecule has 112 valence electrons. The quantitative estimate of drug-likeness (QED) is 0.848. The van der Waals surface area contributed by atoms with Gasteiger partial charge in [0.1, 0.15) is 0 Å². The smallest absolute Gasteiger partial charge is 0.206 e. The van der Waals surface area contributed by atoms with Crippen molar-refractivity contribution in [3.05, 3.63) is 42.0 Å². The van der Waals surface area contributed by atoms with Crippen molar-refractivity contribution in [3.8, 4) is 17.2 Å². The number of ether oxygens (including phenoxy) is 1. The lowest BCUT2D eigenvalue weighted by Gasteiger charge is -2.11.